The molecule has 0 spiro atoms. The molecule has 0 fully saturated rings. The summed E-state index contributed by atoms with van der Waals surface area (Å²) in [6, 6.07) is 135. The van der Waals surface area contributed by atoms with Gasteiger partial charge in [-0.1, -0.05) is 351 Å². The van der Waals surface area contributed by atoms with Gasteiger partial charge in [-0.05, 0) is 147 Å². The standard InChI is InChI=1S/C54H31N3S.C28H17ClN2.C27H16S/c1-2-13-32(14-3-1)35-17-12-18-36(29-35)49-54(56-51-42-24-11-9-22-40(42)39-21-8-10-23-41(39)50(51)55-49)57-47-31-48-46(44-28-26-34-16-5-7-20-38(34)53(44)58-48)30-45(47)43-27-25-33-15-4-6-19-37(33)52(43)57;29-28-25(20-12-8-11-19(17-20)18-9-2-1-3-10-18)30-26-23-15-6-4-13-21(23)22-14-5-7-16-24(22)27(26)31-28;1-3-7-19-16(5-1)9-11-21-23-15-25-22-12-10-17-6-2-4-8-20(17)27(22)28-26(25)14-18(23)13-24(19)21/h1-31H;1-17H;1-12,14-15H,13H2. The van der Waals surface area contributed by atoms with E-state index < -0.39 is 0 Å². The third-order valence-corrected chi connectivity index (χ3v) is 26.8. The second kappa shape index (κ2) is 26.9. The lowest BCUT2D eigenvalue weighted by atomic mass is 9.98. The fourth-order valence-corrected chi connectivity index (χ4v) is 21.5. The molecule has 0 unspecified atom stereocenters. The zero-order valence-electron chi connectivity index (χ0n) is 62.9. The Morgan fingerprint density at radius 2 is 0.641 bits per heavy atom. The molecule has 0 saturated heterocycles. The number of hydrogen-bond acceptors (Lipinski definition) is 6. The molecular formula is C109H64ClN5S2. The minimum atomic E-state index is 0.415. The molecule has 0 bridgehead atoms. The molecule has 8 heteroatoms. The van der Waals surface area contributed by atoms with E-state index in [2.05, 4.69) is 338 Å². The van der Waals surface area contributed by atoms with Gasteiger partial charge in [0, 0.05) is 89.2 Å². The summed E-state index contributed by atoms with van der Waals surface area (Å²) in [7, 11) is 0. The number of nitrogens with zero attached hydrogens (tertiary/aromatic N) is 5. The summed E-state index contributed by atoms with van der Waals surface area (Å²) in [6.45, 7) is 0. The van der Waals surface area contributed by atoms with E-state index >= 15 is 0 Å². The van der Waals surface area contributed by atoms with Crippen molar-refractivity contribution in [3.63, 3.8) is 0 Å². The van der Waals surface area contributed by atoms with Crippen molar-refractivity contribution in [2.24, 2.45) is 0 Å². The van der Waals surface area contributed by atoms with Gasteiger partial charge in [0.15, 0.2) is 11.0 Å². The monoisotopic (exact) mass is 1540 g/mol. The number of benzene rings is 20. The first-order valence-electron chi connectivity index (χ1n) is 39.7. The molecular weight excluding hydrogens is 1480 g/mol. The van der Waals surface area contributed by atoms with E-state index in [1.54, 1.807) is 0 Å². The maximum absolute atomic E-state index is 6.71. The average molecular weight is 1540 g/mol. The highest BCUT2D eigenvalue weighted by molar-refractivity contribution is 7.27. The predicted octanol–water partition coefficient (Wildman–Crippen LogP) is 30.9. The highest BCUT2D eigenvalue weighted by atomic mass is 35.5. The van der Waals surface area contributed by atoms with Gasteiger partial charge in [-0.3, -0.25) is 4.57 Å². The molecule has 5 nitrogen and oxygen atoms in total. The highest BCUT2D eigenvalue weighted by Crippen LogP contribution is 2.50. The van der Waals surface area contributed by atoms with Crippen LogP contribution in [-0.2, 0) is 6.42 Å². The largest absolute Gasteiger partial charge is 0.291 e. The van der Waals surface area contributed by atoms with E-state index in [0.717, 1.165) is 106 Å². The van der Waals surface area contributed by atoms with Crippen molar-refractivity contribution in [1.29, 1.82) is 0 Å². The molecule has 20 aromatic carbocycles. The molecule has 25 aromatic rings. The lowest BCUT2D eigenvalue weighted by molar-refractivity contribution is 1.09. The summed E-state index contributed by atoms with van der Waals surface area (Å²) >= 11 is 10.5. The predicted molar refractivity (Wildman–Crippen MR) is 501 cm³/mol. The maximum Gasteiger partial charge on any atom is 0.165 e. The van der Waals surface area contributed by atoms with Gasteiger partial charge in [0.1, 0.15) is 11.4 Å². The van der Waals surface area contributed by atoms with Gasteiger partial charge in [0.2, 0.25) is 0 Å². The Balaban J connectivity index is 0.000000111. The molecule has 1 aliphatic rings. The van der Waals surface area contributed by atoms with Crippen LogP contribution in [0.25, 0.3) is 232 Å². The molecule has 0 saturated carbocycles. The first-order chi connectivity index (χ1) is 57.9. The SMILES string of the molecule is Clc1nc2c3ccccc3c3ccccc3c2nc1-c1cccc(-c2ccccc2)c1.c1ccc(-c2cccc(-c3nc4c5ccccc5c5ccccc5c4nc3-n3c4cc5sc6c7ccccc7ccc6c5cc4c4ccc5ccccc5c43)c2)cc1.c1ccc2c3c(ccc2c1)-c1cc2c(cc1C3)sc1c3ccccc3ccc21. The van der Waals surface area contributed by atoms with Crippen LogP contribution in [0.4, 0.5) is 0 Å². The fourth-order valence-electron chi connectivity index (χ4n) is 18.7. The van der Waals surface area contributed by atoms with Crippen LogP contribution < -0.4 is 0 Å². The topological polar surface area (TPSA) is 56.5 Å². The highest BCUT2D eigenvalue weighted by Gasteiger charge is 2.27. The summed E-state index contributed by atoms with van der Waals surface area (Å²) in [5.74, 6) is 0.820. The molecule has 5 heterocycles. The smallest absolute Gasteiger partial charge is 0.165 e. The van der Waals surface area contributed by atoms with Gasteiger partial charge in [-0.25, -0.2) is 19.9 Å². The zero-order chi connectivity index (χ0) is 76.9. The molecule has 0 atom stereocenters. The summed E-state index contributed by atoms with van der Waals surface area (Å²) in [5.41, 5.74) is 19.7. The van der Waals surface area contributed by atoms with Crippen molar-refractivity contribution in [1.82, 2.24) is 24.5 Å². The molecule has 117 heavy (non-hydrogen) atoms. The van der Waals surface area contributed by atoms with Gasteiger partial charge in [-0.2, -0.15) is 0 Å². The van der Waals surface area contributed by atoms with E-state index in [-0.39, 0.29) is 0 Å². The van der Waals surface area contributed by atoms with Crippen LogP contribution in [0.2, 0.25) is 5.15 Å². The van der Waals surface area contributed by atoms with E-state index in [1.165, 1.54) is 138 Å². The Morgan fingerprint density at radius 1 is 0.248 bits per heavy atom. The number of aromatic nitrogens is 5. The van der Waals surface area contributed by atoms with Crippen molar-refractivity contribution in [2.45, 2.75) is 6.42 Å². The van der Waals surface area contributed by atoms with E-state index in [9.17, 15) is 0 Å². The third-order valence-electron chi connectivity index (χ3n) is 24.2. The second-order valence-corrected chi connectivity index (χ2v) is 33.1. The number of rotatable bonds is 5. The molecule has 1 aliphatic carbocycles. The molecule has 0 radical (unpaired) electrons. The zero-order valence-corrected chi connectivity index (χ0v) is 65.3. The summed E-state index contributed by atoms with van der Waals surface area (Å²) in [6.07, 6.45) is 1.04. The summed E-state index contributed by atoms with van der Waals surface area (Å²) in [5, 5.41) is 27.6. The fraction of sp³-hybridized carbons (Fsp3) is 0.00917. The van der Waals surface area contributed by atoms with Crippen molar-refractivity contribution in [3.05, 3.63) is 392 Å². The maximum atomic E-state index is 6.71. The van der Waals surface area contributed by atoms with Gasteiger partial charge < -0.3 is 0 Å². The molecule has 0 amide bonds. The molecule has 544 valence electrons. The Kier molecular flexibility index (Phi) is 15.5. The second-order valence-electron chi connectivity index (χ2n) is 30.6. The summed E-state index contributed by atoms with van der Waals surface area (Å²) < 4.78 is 7.82. The minimum Gasteiger partial charge on any atom is -0.291 e. The number of halogens is 1. The Bertz CT molecular complexity index is 8520. The van der Waals surface area contributed by atoms with E-state index in [1.807, 2.05) is 65.1 Å². The van der Waals surface area contributed by atoms with Gasteiger partial charge in [0.25, 0.3) is 0 Å². The van der Waals surface area contributed by atoms with Crippen LogP contribution in [0, 0.1) is 0 Å². The Morgan fingerprint density at radius 3 is 1.19 bits per heavy atom. The number of hydrogen-bond donors (Lipinski definition) is 0. The lowest BCUT2D eigenvalue weighted by Crippen LogP contribution is -2.05. The van der Waals surface area contributed by atoms with Gasteiger partial charge in [0.05, 0.1) is 33.1 Å². The van der Waals surface area contributed by atoms with Crippen LogP contribution >= 0.6 is 34.3 Å². The van der Waals surface area contributed by atoms with Crippen LogP contribution in [0.1, 0.15) is 11.1 Å². The number of fused-ring (bicyclic) bond motifs is 32. The lowest BCUT2D eigenvalue weighted by Gasteiger charge is -2.17. The molecule has 5 aromatic heterocycles. The van der Waals surface area contributed by atoms with Crippen molar-refractivity contribution < 1.29 is 0 Å². The van der Waals surface area contributed by atoms with Crippen LogP contribution in [0.5, 0.6) is 0 Å². The normalized spacial score (nSPS) is 12.1. The van der Waals surface area contributed by atoms with Gasteiger partial charge >= 0.3 is 0 Å². The quantitative estimate of drug-likeness (QED) is 0.161. The first-order valence-corrected chi connectivity index (χ1v) is 41.7. The van der Waals surface area contributed by atoms with Crippen LogP contribution in [0.15, 0.2) is 376 Å². The van der Waals surface area contributed by atoms with Gasteiger partial charge in [-0.15, -0.1) is 22.7 Å². The molecule has 26 rings (SSSR count). The first kappa shape index (κ1) is 67.2. The Labute approximate surface area is 684 Å². The van der Waals surface area contributed by atoms with Crippen LogP contribution in [0.3, 0.4) is 0 Å². The summed E-state index contributed by atoms with van der Waals surface area (Å²) in [4.78, 5) is 21.5. The van der Waals surface area contributed by atoms with E-state index in [4.69, 9.17) is 31.5 Å². The third kappa shape index (κ3) is 10.8. The molecule has 0 N–H and O–H groups in total. The van der Waals surface area contributed by atoms with Crippen molar-refractivity contribution in [3.8, 4) is 61.7 Å². The van der Waals surface area contributed by atoms with Crippen LogP contribution in [-0.4, -0.2) is 24.5 Å². The Hall–Kier alpha value is -14.3. The minimum absolute atomic E-state index is 0.415. The average Bonchev–Trinajstić information content (AvgIpc) is 1.58. The van der Waals surface area contributed by atoms with Crippen molar-refractivity contribution in [2.75, 3.05) is 0 Å². The van der Waals surface area contributed by atoms with Crippen molar-refractivity contribution >= 4 is 205 Å². The molecule has 0 aliphatic heterocycles. The number of thiophene rings is 2. The van der Waals surface area contributed by atoms with E-state index in [0.29, 0.717) is 10.8 Å².